The molecule has 0 bridgehead atoms. The average Bonchev–Trinajstić information content (AvgIpc) is 3.23. The minimum Gasteiger partial charge on any atom is -0.378 e. The van der Waals surface area contributed by atoms with Crippen molar-refractivity contribution in [2.24, 2.45) is 12.5 Å². The van der Waals surface area contributed by atoms with Crippen LogP contribution < -0.4 is 5.32 Å². The highest BCUT2D eigenvalue weighted by molar-refractivity contribution is 5.97. The summed E-state index contributed by atoms with van der Waals surface area (Å²) in [4.78, 5) is 12.7. The lowest BCUT2D eigenvalue weighted by molar-refractivity contribution is -0.127. The van der Waals surface area contributed by atoms with E-state index in [2.05, 4.69) is 15.6 Å². The van der Waals surface area contributed by atoms with Crippen LogP contribution in [0.15, 0.2) is 18.2 Å². The third-order valence-corrected chi connectivity index (χ3v) is 5.87. The summed E-state index contributed by atoms with van der Waals surface area (Å²) in [5, 5.41) is 11.3. The summed E-state index contributed by atoms with van der Waals surface area (Å²) in [7, 11) is 1.85. The maximum absolute atomic E-state index is 12.7. The summed E-state index contributed by atoms with van der Waals surface area (Å²) in [6.45, 7) is 2.79. The maximum atomic E-state index is 12.7. The molecule has 4 rings (SSSR count). The normalized spacial score (nSPS) is 25.1. The first-order valence-corrected chi connectivity index (χ1v) is 8.86. The Morgan fingerprint density at radius 1 is 1.42 bits per heavy atom. The van der Waals surface area contributed by atoms with Crippen LogP contribution in [0, 0.1) is 5.41 Å². The van der Waals surface area contributed by atoms with Crippen molar-refractivity contribution in [1.29, 1.82) is 0 Å². The molecule has 0 aliphatic heterocycles. The Labute approximate surface area is 141 Å². The van der Waals surface area contributed by atoms with E-state index in [1.165, 1.54) is 12.8 Å². The van der Waals surface area contributed by atoms with E-state index in [1.54, 1.807) is 4.68 Å². The first-order valence-electron chi connectivity index (χ1n) is 8.86. The number of nitrogens with one attached hydrogen (secondary N) is 1. The van der Waals surface area contributed by atoms with E-state index in [-0.39, 0.29) is 17.4 Å². The van der Waals surface area contributed by atoms with E-state index in [4.69, 9.17) is 4.74 Å². The van der Waals surface area contributed by atoms with Crippen molar-refractivity contribution in [3.05, 3.63) is 23.8 Å². The van der Waals surface area contributed by atoms with Gasteiger partial charge in [-0.1, -0.05) is 18.1 Å². The molecule has 6 nitrogen and oxygen atoms in total. The van der Waals surface area contributed by atoms with Gasteiger partial charge < -0.3 is 10.1 Å². The van der Waals surface area contributed by atoms with Gasteiger partial charge in [0.25, 0.3) is 5.91 Å². The predicted molar refractivity (Wildman–Crippen MR) is 90.7 cm³/mol. The Morgan fingerprint density at radius 3 is 2.96 bits per heavy atom. The molecule has 6 heteroatoms. The predicted octanol–water partition coefficient (Wildman–Crippen LogP) is 2.44. The zero-order valence-corrected chi connectivity index (χ0v) is 14.3. The molecule has 1 aromatic heterocycles. The zero-order valence-electron chi connectivity index (χ0n) is 14.3. The van der Waals surface area contributed by atoms with Crippen molar-refractivity contribution in [2.45, 2.75) is 51.2 Å². The van der Waals surface area contributed by atoms with E-state index < -0.39 is 0 Å². The van der Waals surface area contributed by atoms with Gasteiger partial charge in [-0.3, -0.25) is 4.79 Å². The van der Waals surface area contributed by atoms with Crippen molar-refractivity contribution >= 4 is 16.9 Å². The number of carbonyl (C=O) groups is 1. The fourth-order valence-electron chi connectivity index (χ4n) is 4.51. The van der Waals surface area contributed by atoms with Crippen molar-refractivity contribution in [1.82, 2.24) is 20.3 Å². The SMILES string of the molecule is CCO[C@H]1C[C@H](NC(=O)c2ccc3c(c2)nnn3C)C12CCCC2. The minimum atomic E-state index is -0.0197. The number of nitrogens with zero attached hydrogens (tertiary/aromatic N) is 3. The second kappa shape index (κ2) is 5.84. The molecule has 1 aromatic carbocycles. The van der Waals surface area contributed by atoms with Gasteiger partial charge in [0.15, 0.2) is 0 Å². The van der Waals surface area contributed by atoms with Crippen LogP contribution in [0.25, 0.3) is 11.0 Å². The smallest absolute Gasteiger partial charge is 0.251 e. The number of hydrogen-bond acceptors (Lipinski definition) is 4. The molecule has 24 heavy (non-hydrogen) atoms. The Hall–Kier alpha value is -1.95. The molecule has 1 spiro atoms. The Bertz CT molecular complexity index is 763. The number of benzene rings is 1. The molecule has 2 aliphatic carbocycles. The number of carbonyl (C=O) groups excluding carboxylic acids is 1. The molecular weight excluding hydrogens is 304 g/mol. The molecule has 2 aliphatic rings. The van der Waals surface area contributed by atoms with Crippen LogP contribution >= 0.6 is 0 Å². The van der Waals surface area contributed by atoms with E-state index in [0.29, 0.717) is 11.7 Å². The standard InChI is InChI=1S/C18H24N4O2/c1-3-24-16-11-15(18(16)8-4-5-9-18)19-17(23)12-6-7-14-13(10-12)20-21-22(14)2/h6-7,10,15-16H,3-5,8-9,11H2,1-2H3,(H,19,23)/t15-,16-/m0/s1. The summed E-state index contributed by atoms with van der Waals surface area (Å²) in [5.74, 6) is -0.0197. The summed E-state index contributed by atoms with van der Waals surface area (Å²) >= 11 is 0. The van der Waals surface area contributed by atoms with Gasteiger partial charge in [-0.05, 0) is 44.4 Å². The Morgan fingerprint density at radius 2 is 2.21 bits per heavy atom. The average molecular weight is 328 g/mol. The second-order valence-electron chi connectivity index (χ2n) is 7.06. The molecule has 128 valence electrons. The molecule has 1 amide bonds. The highest BCUT2D eigenvalue weighted by Gasteiger charge is 2.57. The van der Waals surface area contributed by atoms with Crippen LogP contribution in [-0.2, 0) is 11.8 Å². The van der Waals surface area contributed by atoms with Gasteiger partial charge in [-0.25, -0.2) is 4.68 Å². The van der Waals surface area contributed by atoms with Crippen molar-refractivity contribution in [3.63, 3.8) is 0 Å². The molecule has 2 saturated carbocycles. The second-order valence-corrected chi connectivity index (χ2v) is 7.06. The van der Waals surface area contributed by atoms with Gasteiger partial charge in [-0.2, -0.15) is 0 Å². The molecule has 0 radical (unpaired) electrons. The number of amides is 1. The lowest BCUT2D eigenvalue weighted by Gasteiger charge is -2.54. The monoisotopic (exact) mass is 328 g/mol. The van der Waals surface area contributed by atoms with Gasteiger partial charge >= 0.3 is 0 Å². The third kappa shape index (κ3) is 2.32. The number of aromatic nitrogens is 3. The highest BCUT2D eigenvalue weighted by atomic mass is 16.5. The van der Waals surface area contributed by atoms with Crippen molar-refractivity contribution in [3.8, 4) is 0 Å². The lowest BCUT2D eigenvalue weighted by Crippen LogP contribution is -2.63. The fourth-order valence-corrected chi connectivity index (χ4v) is 4.51. The fraction of sp³-hybridized carbons (Fsp3) is 0.611. The molecule has 2 aromatic rings. The Balaban J connectivity index is 1.51. The topological polar surface area (TPSA) is 69.0 Å². The minimum absolute atomic E-state index is 0.0197. The van der Waals surface area contributed by atoms with Gasteiger partial charge in [-0.15, -0.1) is 5.10 Å². The molecule has 1 heterocycles. The molecule has 0 saturated heterocycles. The number of fused-ring (bicyclic) bond motifs is 1. The molecular formula is C18H24N4O2. The first kappa shape index (κ1) is 15.6. The summed E-state index contributed by atoms with van der Waals surface area (Å²) in [6, 6.07) is 5.79. The van der Waals surface area contributed by atoms with E-state index in [9.17, 15) is 4.79 Å². The largest absolute Gasteiger partial charge is 0.378 e. The van der Waals surface area contributed by atoms with Crippen molar-refractivity contribution in [2.75, 3.05) is 6.61 Å². The maximum Gasteiger partial charge on any atom is 0.251 e. The lowest BCUT2D eigenvalue weighted by atomic mass is 9.60. The van der Waals surface area contributed by atoms with Gasteiger partial charge in [0, 0.05) is 30.7 Å². The zero-order chi connectivity index (χ0) is 16.7. The van der Waals surface area contributed by atoms with Crippen LogP contribution in [0.2, 0.25) is 0 Å². The van der Waals surface area contributed by atoms with E-state index in [0.717, 1.165) is 36.9 Å². The van der Waals surface area contributed by atoms with Gasteiger partial charge in [0.2, 0.25) is 0 Å². The van der Waals surface area contributed by atoms with Crippen LogP contribution in [0.1, 0.15) is 49.4 Å². The molecule has 2 fully saturated rings. The molecule has 1 N–H and O–H groups in total. The number of hydrogen-bond donors (Lipinski definition) is 1. The quantitative estimate of drug-likeness (QED) is 0.936. The molecule has 2 atom stereocenters. The molecule has 0 unspecified atom stereocenters. The van der Waals surface area contributed by atoms with Crippen LogP contribution in [0.4, 0.5) is 0 Å². The number of aryl methyl sites for hydroxylation is 1. The highest BCUT2D eigenvalue weighted by Crippen LogP contribution is 2.54. The van der Waals surface area contributed by atoms with Crippen LogP contribution in [0.3, 0.4) is 0 Å². The third-order valence-electron chi connectivity index (χ3n) is 5.87. The number of rotatable bonds is 4. The Kier molecular flexibility index (Phi) is 3.79. The number of ether oxygens (including phenoxy) is 1. The van der Waals surface area contributed by atoms with Gasteiger partial charge in [0.1, 0.15) is 5.52 Å². The van der Waals surface area contributed by atoms with Crippen molar-refractivity contribution < 1.29 is 9.53 Å². The van der Waals surface area contributed by atoms with Crippen LogP contribution in [-0.4, -0.2) is 39.7 Å². The van der Waals surface area contributed by atoms with E-state index >= 15 is 0 Å². The summed E-state index contributed by atoms with van der Waals surface area (Å²) < 4.78 is 7.63. The summed E-state index contributed by atoms with van der Waals surface area (Å²) in [5.41, 5.74) is 2.49. The first-order chi connectivity index (χ1) is 11.6. The van der Waals surface area contributed by atoms with E-state index in [1.807, 2.05) is 32.2 Å². The van der Waals surface area contributed by atoms with Crippen LogP contribution in [0.5, 0.6) is 0 Å². The van der Waals surface area contributed by atoms with Gasteiger partial charge in [0.05, 0.1) is 11.6 Å². The summed E-state index contributed by atoms with van der Waals surface area (Å²) in [6.07, 6.45) is 6.02.